The summed E-state index contributed by atoms with van der Waals surface area (Å²) in [5.74, 6) is 0.836. The number of carboxylic acids is 1. The van der Waals surface area contributed by atoms with Crippen LogP contribution < -0.4 is 0 Å². The fourth-order valence-electron chi connectivity index (χ4n) is 1.59. The van der Waals surface area contributed by atoms with Gasteiger partial charge in [-0.2, -0.15) is 5.26 Å². The van der Waals surface area contributed by atoms with Crippen LogP contribution in [0.5, 0.6) is 0 Å². The summed E-state index contributed by atoms with van der Waals surface area (Å²) >= 11 is 0. The number of benzene rings is 1. The normalized spacial score (nSPS) is 9.16. The van der Waals surface area contributed by atoms with Crippen LogP contribution in [0.2, 0.25) is 0 Å². The van der Waals surface area contributed by atoms with E-state index in [4.69, 9.17) is 16.8 Å². The van der Waals surface area contributed by atoms with Gasteiger partial charge in [0.05, 0.1) is 24.6 Å². The predicted octanol–water partition coefficient (Wildman–Crippen LogP) is 0.913. The first-order chi connectivity index (χ1) is 9.10. The summed E-state index contributed by atoms with van der Waals surface area (Å²) in [6, 6.07) is 8.10. The third-order valence-electron chi connectivity index (χ3n) is 2.49. The zero-order valence-corrected chi connectivity index (χ0v) is 10.2. The molecular formula is C14H12N2O3. The highest BCUT2D eigenvalue weighted by Crippen LogP contribution is 2.11. The predicted molar refractivity (Wildman–Crippen MR) is 68.1 cm³/mol. The molecule has 0 fully saturated rings. The van der Waals surface area contributed by atoms with Gasteiger partial charge in [0.2, 0.25) is 5.91 Å². The molecule has 0 aliphatic carbocycles. The maximum Gasteiger partial charge on any atom is 0.335 e. The number of aromatic carboxylic acids is 1. The molecule has 0 spiro atoms. The van der Waals surface area contributed by atoms with E-state index in [2.05, 4.69) is 5.92 Å². The highest BCUT2D eigenvalue weighted by molar-refractivity contribution is 5.91. The summed E-state index contributed by atoms with van der Waals surface area (Å²) in [5, 5.41) is 17.6. The van der Waals surface area contributed by atoms with E-state index in [-0.39, 0.29) is 31.0 Å². The van der Waals surface area contributed by atoms with Gasteiger partial charge in [-0.3, -0.25) is 4.79 Å². The average Bonchev–Trinajstić information content (AvgIpc) is 2.38. The Morgan fingerprint density at radius 3 is 2.58 bits per heavy atom. The average molecular weight is 256 g/mol. The Morgan fingerprint density at radius 1 is 1.32 bits per heavy atom. The molecule has 0 atom stereocenters. The van der Waals surface area contributed by atoms with Crippen LogP contribution in [0, 0.1) is 23.7 Å². The SMILES string of the molecule is C#CCN(CC#N)C(=O)Cc1ccccc1C(=O)O. The van der Waals surface area contributed by atoms with Gasteiger partial charge in [-0.1, -0.05) is 24.1 Å². The van der Waals surface area contributed by atoms with Crippen LogP contribution in [0.1, 0.15) is 15.9 Å². The lowest BCUT2D eigenvalue weighted by Gasteiger charge is -2.17. The minimum atomic E-state index is -1.09. The molecule has 1 aromatic carbocycles. The van der Waals surface area contributed by atoms with Gasteiger partial charge in [0, 0.05) is 0 Å². The molecule has 0 aliphatic rings. The Balaban J connectivity index is 2.90. The number of amides is 1. The first-order valence-electron chi connectivity index (χ1n) is 5.49. The smallest absolute Gasteiger partial charge is 0.335 e. The van der Waals surface area contributed by atoms with Crippen LogP contribution in [0.25, 0.3) is 0 Å². The summed E-state index contributed by atoms with van der Waals surface area (Å²) < 4.78 is 0. The summed E-state index contributed by atoms with van der Waals surface area (Å²) in [4.78, 5) is 24.2. The summed E-state index contributed by atoms with van der Waals surface area (Å²) in [6.45, 7) is -0.0834. The van der Waals surface area contributed by atoms with Crippen molar-refractivity contribution >= 4 is 11.9 Å². The van der Waals surface area contributed by atoms with E-state index in [1.807, 2.05) is 6.07 Å². The highest BCUT2D eigenvalue weighted by atomic mass is 16.4. The van der Waals surface area contributed by atoms with E-state index >= 15 is 0 Å². The van der Waals surface area contributed by atoms with Crippen molar-refractivity contribution in [2.45, 2.75) is 6.42 Å². The largest absolute Gasteiger partial charge is 0.478 e. The van der Waals surface area contributed by atoms with Crippen LogP contribution >= 0.6 is 0 Å². The molecule has 0 saturated heterocycles. The van der Waals surface area contributed by atoms with Crippen molar-refractivity contribution in [2.75, 3.05) is 13.1 Å². The third kappa shape index (κ3) is 3.86. The van der Waals surface area contributed by atoms with Gasteiger partial charge >= 0.3 is 5.97 Å². The number of hydrogen-bond donors (Lipinski definition) is 1. The summed E-state index contributed by atoms with van der Waals surface area (Å²) in [7, 11) is 0. The highest BCUT2D eigenvalue weighted by Gasteiger charge is 2.16. The van der Waals surface area contributed by atoms with Crippen molar-refractivity contribution in [3.05, 3.63) is 35.4 Å². The molecule has 1 amide bonds. The molecule has 1 N–H and O–H groups in total. The molecule has 5 heteroatoms. The number of carbonyl (C=O) groups is 2. The fourth-order valence-corrected chi connectivity index (χ4v) is 1.59. The van der Waals surface area contributed by atoms with Gasteiger partial charge in [-0.05, 0) is 11.6 Å². The number of nitrogens with zero attached hydrogens (tertiary/aromatic N) is 2. The van der Waals surface area contributed by atoms with Crippen molar-refractivity contribution < 1.29 is 14.7 Å². The number of carboxylic acid groups (broad SMARTS) is 1. The van der Waals surface area contributed by atoms with E-state index in [0.717, 1.165) is 0 Å². The number of nitriles is 1. The molecule has 0 aromatic heterocycles. The standard InChI is InChI=1S/C14H12N2O3/c1-2-8-16(9-7-15)13(17)10-11-5-3-4-6-12(11)14(18)19/h1,3-6H,8-10H2,(H,18,19). The molecule has 1 rings (SSSR count). The van der Waals surface area contributed by atoms with Crippen LogP contribution in [0.4, 0.5) is 0 Å². The van der Waals surface area contributed by atoms with E-state index in [0.29, 0.717) is 5.56 Å². The molecule has 1 aromatic rings. The Bertz CT molecular complexity index is 551. The van der Waals surface area contributed by atoms with E-state index < -0.39 is 5.97 Å². The van der Waals surface area contributed by atoms with Gasteiger partial charge in [0.1, 0.15) is 6.54 Å². The molecule has 0 radical (unpaired) electrons. The number of carbonyl (C=O) groups excluding carboxylic acids is 1. The van der Waals surface area contributed by atoms with Gasteiger partial charge < -0.3 is 10.0 Å². The van der Waals surface area contributed by atoms with E-state index in [9.17, 15) is 9.59 Å². The minimum Gasteiger partial charge on any atom is -0.478 e. The monoisotopic (exact) mass is 256 g/mol. The Morgan fingerprint density at radius 2 is 2.00 bits per heavy atom. The van der Waals surface area contributed by atoms with Crippen LogP contribution in [-0.4, -0.2) is 35.0 Å². The topological polar surface area (TPSA) is 81.4 Å². The lowest BCUT2D eigenvalue weighted by molar-refractivity contribution is -0.129. The van der Waals surface area contributed by atoms with Crippen molar-refractivity contribution in [3.63, 3.8) is 0 Å². The lowest BCUT2D eigenvalue weighted by Crippen LogP contribution is -2.33. The lowest BCUT2D eigenvalue weighted by atomic mass is 10.0. The zero-order chi connectivity index (χ0) is 14.3. The van der Waals surface area contributed by atoms with Gasteiger partial charge in [0.25, 0.3) is 0 Å². The van der Waals surface area contributed by atoms with Gasteiger partial charge in [-0.25, -0.2) is 4.79 Å². The molecule has 0 bridgehead atoms. The number of rotatable bonds is 5. The van der Waals surface area contributed by atoms with Gasteiger partial charge in [0.15, 0.2) is 0 Å². The number of hydrogen-bond acceptors (Lipinski definition) is 3. The summed E-state index contributed by atoms with van der Waals surface area (Å²) in [5.41, 5.74) is 0.480. The van der Waals surface area contributed by atoms with Crippen molar-refractivity contribution in [1.29, 1.82) is 5.26 Å². The third-order valence-corrected chi connectivity index (χ3v) is 2.49. The molecule has 5 nitrogen and oxygen atoms in total. The Hall–Kier alpha value is -2.79. The minimum absolute atomic E-state index is 0.0294. The maximum atomic E-state index is 12.0. The fraction of sp³-hybridized carbons (Fsp3) is 0.214. The molecule has 0 aliphatic heterocycles. The van der Waals surface area contributed by atoms with Crippen molar-refractivity contribution in [3.8, 4) is 18.4 Å². The second-order valence-corrected chi connectivity index (χ2v) is 3.75. The van der Waals surface area contributed by atoms with Crippen molar-refractivity contribution in [2.24, 2.45) is 0 Å². The first kappa shape index (κ1) is 14.3. The van der Waals surface area contributed by atoms with Crippen LogP contribution in [0.3, 0.4) is 0 Å². The second kappa shape index (κ2) is 6.83. The van der Waals surface area contributed by atoms with E-state index in [1.54, 1.807) is 18.2 Å². The van der Waals surface area contributed by atoms with E-state index in [1.165, 1.54) is 11.0 Å². The Kier molecular flexibility index (Phi) is 5.13. The quantitative estimate of drug-likeness (QED) is 0.627. The molecule has 0 heterocycles. The van der Waals surface area contributed by atoms with Gasteiger partial charge in [-0.15, -0.1) is 6.42 Å². The van der Waals surface area contributed by atoms with Crippen LogP contribution in [0.15, 0.2) is 24.3 Å². The Labute approximate surface area is 111 Å². The summed E-state index contributed by atoms with van der Waals surface area (Å²) in [6.07, 6.45) is 5.03. The molecular weight excluding hydrogens is 244 g/mol. The van der Waals surface area contributed by atoms with Crippen LogP contribution in [-0.2, 0) is 11.2 Å². The molecule has 96 valence electrons. The zero-order valence-electron chi connectivity index (χ0n) is 10.2. The second-order valence-electron chi connectivity index (χ2n) is 3.75. The maximum absolute atomic E-state index is 12.0. The molecule has 0 unspecified atom stereocenters. The van der Waals surface area contributed by atoms with Crippen molar-refractivity contribution in [1.82, 2.24) is 4.90 Å². The first-order valence-corrected chi connectivity index (χ1v) is 5.49. The molecule has 0 saturated carbocycles. The molecule has 19 heavy (non-hydrogen) atoms. The number of terminal acetylenes is 1.